The Hall–Kier alpha value is -13.7. The van der Waals surface area contributed by atoms with E-state index in [2.05, 4.69) is 434 Å². The second-order valence-corrected chi connectivity index (χ2v) is 30.5. The molecule has 2 nitrogen and oxygen atoms in total. The molecule has 0 spiro atoms. The molecule has 2 aromatic heterocycles. The van der Waals surface area contributed by atoms with Crippen LogP contribution < -0.4 is 9.80 Å². The number of benzene rings is 19. The van der Waals surface area contributed by atoms with E-state index in [-0.39, 0.29) is 0 Å². The molecule has 0 saturated heterocycles. The summed E-state index contributed by atoms with van der Waals surface area (Å²) in [7, 11) is 0. The van der Waals surface area contributed by atoms with Crippen molar-refractivity contribution in [2.24, 2.45) is 0 Å². The predicted molar refractivity (Wildman–Crippen MR) is 476 cm³/mol. The highest BCUT2D eigenvalue weighted by molar-refractivity contribution is 7.26. The van der Waals surface area contributed by atoms with E-state index in [4.69, 9.17) is 0 Å². The standard InChI is InChI=1S/C56H37NS.C50H33NS/c1-3-11-38(12-4-1)45-33-46(39-13-5-2-6-14-39)35-47(34-45)41-23-28-49(29-24-41)57(50-30-31-52-44(36-50)20-19-42-15-7-8-16-51(42)52)48-26-21-40(22-27-48)43-25-32-56-54(37-43)53-17-9-10-18-55(53)58-56;1-2-8-34(9-3-1)35-14-16-36(17-15-35)37-20-25-42(26-21-37)51(44-29-30-46-41(32-44)19-18-39-10-4-5-11-45(39)46)43-27-22-38(23-28-43)40-24-31-50-48(33-40)47-12-6-7-13-49(47)52-50/h1-37H;1-33H. The first-order valence-electron chi connectivity index (χ1n) is 37.6. The van der Waals surface area contributed by atoms with E-state index in [9.17, 15) is 0 Å². The van der Waals surface area contributed by atoms with Gasteiger partial charge in [0.2, 0.25) is 0 Å². The van der Waals surface area contributed by atoms with Gasteiger partial charge in [0.25, 0.3) is 0 Å². The molecule has 21 rings (SSSR count). The molecule has 0 saturated carbocycles. The van der Waals surface area contributed by atoms with Gasteiger partial charge in [0.05, 0.1) is 0 Å². The molecule has 0 N–H and O–H groups in total. The summed E-state index contributed by atoms with van der Waals surface area (Å²) in [4.78, 5) is 4.75. The molecule has 21 aromatic rings. The summed E-state index contributed by atoms with van der Waals surface area (Å²) in [5.74, 6) is 0. The van der Waals surface area contributed by atoms with Crippen LogP contribution in [0.25, 0.3) is 161 Å². The van der Waals surface area contributed by atoms with Crippen molar-refractivity contribution in [3.05, 3.63) is 425 Å². The van der Waals surface area contributed by atoms with Crippen molar-refractivity contribution in [1.29, 1.82) is 0 Å². The lowest BCUT2D eigenvalue weighted by Gasteiger charge is -2.26. The molecule has 0 fully saturated rings. The SMILES string of the molecule is c1ccc(-c2cc(-c3ccccc3)cc(-c3ccc(N(c4ccc(-c5ccc6sc7ccccc7c6c5)cc4)c4ccc5c(ccc6ccccc65)c4)cc3)c2)cc1.c1ccc(-c2ccc(-c3ccc(N(c4ccc(-c5ccc6sc7ccccc7c6c5)cc4)c4ccc5c(ccc6ccccc65)c4)cc3)cc2)cc1. The van der Waals surface area contributed by atoms with Crippen LogP contribution in [0.3, 0.4) is 0 Å². The van der Waals surface area contributed by atoms with E-state index >= 15 is 0 Å². The van der Waals surface area contributed by atoms with Gasteiger partial charge in [-0.1, -0.05) is 297 Å². The summed E-state index contributed by atoms with van der Waals surface area (Å²) in [6.07, 6.45) is 0. The van der Waals surface area contributed by atoms with Gasteiger partial charge in [-0.05, 0) is 248 Å². The Balaban J connectivity index is 0.000000145. The summed E-state index contributed by atoms with van der Waals surface area (Å²) in [6.45, 7) is 0. The molecular weight excluding hydrogens is 1370 g/mol. The molecule has 0 aliphatic heterocycles. The van der Waals surface area contributed by atoms with Gasteiger partial charge in [0, 0.05) is 74.5 Å². The number of hydrogen-bond donors (Lipinski definition) is 0. The van der Waals surface area contributed by atoms with Gasteiger partial charge < -0.3 is 9.80 Å². The van der Waals surface area contributed by atoms with Crippen LogP contribution in [-0.4, -0.2) is 0 Å². The first-order chi connectivity index (χ1) is 54.5. The van der Waals surface area contributed by atoms with Crippen LogP contribution in [-0.2, 0) is 0 Å². The Morgan fingerprint density at radius 1 is 0.127 bits per heavy atom. The quantitative estimate of drug-likeness (QED) is 0.106. The zero-order valence-electron chi connectivity index (χ0n) is 60.1. The molecule has 0 atom stereocenters. The highest BCUT2D eigenvalue weighted by Gasteiger charge is 2.20. The minimum absolute atomic E-state index is 1.10. The van der Waals surface area contributed by atoms with Crippen LogP contribution in [0.1, 0.15) is 0 Å². The second-order valence-electron chi connectivity index (χ2n) is 28.3. The highest BCUT2D eigenvalue weighted by atomic mass is 32.1. The first-order valence-corrected chi connectivity index (χ1v) is 39.2. The van der Waals surface area contributed by atoms with Gasteiger partial charge in [-0.25, -0.2) is 0 Å². The van der Waals surface area contributed by atoms with E-state index in [0.29, 0.717) is 0 Å². The van der Waals surface area contributed by atoms with Gasteiger partial charge in [-0.15, -0.1) is 22.7 Å². The van der Waals surface area contributed by atoms with Crippen molar-refractivity contribution < 1.29 is 0 Å². The zero-order valence-corrected chi connectivity index (χ0v) is 61.8. The van der Waals surface area contributed by atoms with Crippen LogP contribution >= 0.6 is 22.7 Å². The summed E-state index contributed by atoms with van der Waals surface area (Å²) in [5.41, 5.74) is 23.6. The molecule has 110 heavy (non-hydrogen) atoms. The Bertz CT molecular complexity index is 6910. The van der Waals surface area contributed by atoms with Crippen LogP contribution in [0, 0.1) is 0 Å². The van der Waals surface area contributed by atoms with Crippen molar-refractivity contribution in [1.82, 2.24) is 0 Å². The lowest BCUT2D eigenvalue weighted by molar-refractivity contribution is 1.29. The second kappa shape index (κ2) is 28.5. The van der Waals surface area contributed by atoms with E-state index in [0.717, 1.165) is 34.1 Å². The number of thiophene rings is 2. The van der Waals surface area contributed by atoms with Crippen molar-refractivity contribution >= 4 is 140 Å². The first kappa shape index (κ1) is 65.8. The molecule has 19 aromatic carbocycles. The molecule has 516 valence electrons. The van der Waals surface area contributed by atoms with E-state index in [1.807, 2.05) is 22.7 Å². The fraction of sp³-hybridized carbons (Fsp3) is 0. The van der Waals surface area contributed by atoms with Crippen LogP contribution in [0.4, 0.5) is 34.1 Å². The summed E-state index contributed by atoms with van der Waals surface area (Å²) in [6, 6.07) is 155. The lowest BCUT2D eigenvalue weighted by atomic mass is 9.93. The van der Waals surface area contributed by atoms with E-state index in [1.54, 1.807) is 0 Å². The molecule has 0 aliphatic rings. The number of nitrogens with zero attached hydrogens (tertiary/aromatic N) is 2. The molecule has 0 radical (unpaired) electrons. The fourth-order valence-corrected chi connectivity index (χ4v) is 18.2. The zero-order chi connectivity index (χ0) is 72.9. The average molecular weight is 1440 g/mol. The van der Waals surface area contributed by atoms with Crippen molar-refractivity contribution in [3.63, 3.8) is 0 Å². The van der Waals surface area contributed by atoms with E-state index < -0.39 is 0 Å². The minimum Gasteiger partial charge on any atom is -0.310 e. The summed E-state index contributed by atoms with van der Waals surface area (Å²) >= 11 is 3.72. The van der Waals surface area contributed by atoms with E-state index in [1.165, 1.54) is 161 Å². The van der Waals surface area contributed by atoms with Crippen molar-refractivity contribution in [3.8, 4) is 77.9 Å². The number of hydrogen-bond acceptors (Lipinski definition) is 4. The number of fused-ring (bicyclic) bond motifs is 12. The van der Waals surface area contributed by atoms with Gasteiger partial charge in [-0.3, -0.25) is 0 Å². The average Bonchev–Trinajstić information content (AvgIpc) is 1.70. The normalized spacial score (nSPS) is 11.5. The lowest BCUT2D eigenvalue weighted by Crippen LogP contribution is -2.09. The van der Waals surface area contributed by atoms with Crippen molar-refractivity contribution in [2.45, 2.75) is 0 Å². The third-order valence-corrected chi connectivity index (χ3v) is 24.0. The molecule has 4 heteroatoms. The predicted octanol–water partition coefficient (Wildman–Crippen LogP) is 31.3. The smallest absolute Gasteiger partial charge is 0.0468 e. The van der Waals surface area contributed by atoms with Gasteiger partial charge in [0.15, 0.2) is 0 Å². The van der Waals surface area contributed by atoms with Gasteiger partial charge >= 0.3 is 0 Å². The summed E-state index contributed by atoms with van der Waals surface area (Å²) in [5, 5.41) is 15.3. The molecule has 2 heterocycles. The highest BCUT2D eigenvalue weighted by Crippen LogP contribution is 2.45. The van der Waals surface area contributed by atoms with Gasteiger partial charge in [0.1, 0.15) is 0 Å². The van der Waals surface area contributed by atoms with Crippen LogP contribution in [0.5, 0.6) is 0 Å². The number of rotatable bonds is 13. The third-order valence-electron chi connectivity index (χ3n) is 21.7. The molecule has 0 unspecified atom stereocenters. The van der Waals surface area contributed by atoms with Crippen molar-refractivity contribution in [2.75, 3.05) is 9.80 Å². The molecule has 0 aliphatic carbocycles. The molecular formula is C106H70N2S2. The number of anilines is 6. The third kappa shape index (κ3) is 12.7. The largest absolute Gasteiger partial charge is 0.310 e. The van der Waals surface area contributed by atoms with Crippen LogP contribution in [0.15, 0.2) is 425 Å². The fourth-order valence-electron chi connectivity index (χ4n) is 16.1. The maximum atomic E-state index is 2.38. The molecule has 0 bridgehead atoms. The summed E-state index contributed by atoms with van der Waals surface area (Å²) < 4.78 is 5.31. The Kier molecular flexibility index (Phi) is 17.0. The maximum Gasteiger partial charge on any atom is 0.0468 e. The van der Waals surface area contributed by atoms with Crippen LogP contribution in [0.2, 0.25) is 0 Å². The Morgan fingerprint density at radius 3 is 0.745 bits per heavy atom. The molecule has 0 amide bonds. The monoisotopic (exact) mass is 1430 g/mol. The Morgan fingerprint density at radius 2 is 0.373 bits per heavy atom. The minimum atomic E-state index is 1.10. The Labute approximate surface area is 647 Å². The topological polar surface area (TPSA) is 6.48 Å². The maximum absolute atomic E-state index is 2.38. The van der Waals surface area contributed by atoms with Gasteiger partial charge in [-0.2, -0.15) is 0 Å².